The van der Waals surface area contributed by atoms with Crippen LogP contribution < -0.4 is 20.1 Å². The molecule has 0 radical (unpaired) electrons. The van der Waals surface area contributed by atoms with Gasteiger partial charge in [0, 0.05) is 23.3 Å². The number of pyridine rings is 2. The summed E-state index contributed by atoms with van der Waals surface area (Å²) in [5, 5.41) is 14.4. The van der Waals surface area contributed by atoms with Crippen molar-refractivity contribution in [3.05, 3.63) is 65.0 Å². The van der Waals surface area contributed by atoms with Crippen molar-refractivity contribution < 1.29 is 14.3 Å². The van der Waals surface area contributed by atoms with Crippen molar-refractivity contribution in [1.82, 2.24) is 9.97 Å². The standard InChI is InChI=1S/C23H25N5O3/c1-13-10-11-25-23(31-5)20(13)28-22(29)18-12-14(2)26-21(19(18)15(3)24)27-16-6-8-17(30-4)9-7-16/h6-12,24H,1-5H3,(H,26,27)(H,28,29). The maximum atomic E-state index is 13.2. The molecule has 0 aliphatic heterocycles. The van der Waals surface area contributed by atoms with Gasteiger partial charge in [-0.25, -0.2) is 9.97 Å². The van der Waals surface area contributed by atoms with Crippen LogP contribution in [0.4, 0.5) is 17.2 Å². The fourth-order valence-corrected chi connectivity index (χ4v) is 3.15. The van der Waals surface area contributed by atoms with E-state index >= 15 is 0 Å². The zero-order valence-corrected chi connectivity index (χ0v) is 18.2. The fraction of sp³-hybridized carbons (Fsp3) is 0.217. The van der Waals surface area contributed by atoms with E-state index in [1.807, 2.05) is 31.2 Å². The summed E-state index contributed by atoms with van der Waals surface area (Å²) in [7, 11) is 3.10. The van der Waals surface area contributed by atoms with Gasteiger partial charge in [0.2, 0.25) is 5.88 Å². The number of hydrogen-bond acceptors (Lipinski definition) is 7. The fourth-order valence-electron chi connectivity index (χ4n) is 3.15. The third-order valence-corrected chi connectivity index (χ3v) is 4.68. The zero-order valence-electron chi connectivity index (χ0n) is 18.2. The third kappa shape index (κ3) is 4.80. The van der Waals surface area contributed by atoms with E-state index in [2.05, 4.69) is 20.6 Å². The molecule has 0 saturated carbocycles. The Labute approximate surface area is 181 Å². The third-order valence-electron chi connectivity index (χ3n) is 4.68. The van der Waals surface area contributed by atoms with Gasteiger partial charge in [-0.3, -0.25) is 4.79 Å². The van der Waals surface area contributed by atoms with Gasteiger partial charge in [0.25, 0.3) is 5.91 Å². The number of hydrogen-bond donors (Lipinski definition) is 3. The molecule has 0 spiro atoms. The Morgan fingerprint density at radius 3 is 2.39 bits per heavy atom. The summed E-state index contributed by atoms with van der Waals surface area (Å²) in [6.45, 7) is 5.28. The van der Waals surface area contributed by atoms with Gasteiger partial charge in [-0.2, -0.15) is 0 Å². The van der Waals surface area contributed by atoms with Crippen LogP contribution in [0.2, 0.25) is 0 Å². The second-order valence-corrected chi connectivity index (χ2v) is 6.98. The van der Waals surface area contributed by atoms with Gasteiger partial charge >= 0.3 is 0 Å². The average Bonchev–Trinajstić information content (AvgIpc) is 2.74. The van der Waals surface area contributed by atoms with Crippen LogP contribution in [0, 0.1) is 19.3 Å². The molecule has 0 atom stereocenters. The highest BCUT2D eigenvalue weighted by Crippen LogP contribution is 2.29. The Morgan fingerprint density at radius 1 is 1.06 bits per heavy atom. The number of anilines is 3. The molecule has 0 unspecified atom stereocenters. The van der Waals surface area contributed by atoms with E-state index in [4.69, 9.17) is 14.9 Å². The lowest BCUT2D eigenvalue weighted by atomic mass is 10.0. The molecule has 1 amide bonds. The van der Waals surface area contributed by atoms with E-state index in [1.165, 1.54) is 7.11 Å². The van der Waals surface area contributed by atoms with E-state index in [1.54, 1.807) is 39.3 Å². The Balaban J connectivity index is 2.02. The average molecular weight is 419 g/mol. The molecule has 0 aliphatic rings. The van der Waals surface area contributed by atoms with Crippen LogP contribution in [0.1, 0.15) is 34.1 Å². The van der Waals surface area contributed by atoms with Crippen molar-refractivity contribution in [2.24, 2.45) is 0 Å². The molecule has 0 saturated heterocycles. The maximum Gasteiger partial charge on any atom is 0.256 e. The summed E-state index contributed by atoms with van der Waals surface area (Å²) in [6, 6.07) is 10.8. The molecule has 2 heterocycles. The van der Waals surface area contributed by atoms with Crippen molar-refractivity contribution >= 4 is 28.8 Å². The first-order chi connectivity index (χ1) is 14.8. The molecule has 2 aromatic heterocycles. The highest BCUT2D eigenvalue weighted by atomic mass is 16.5. The predicted octanol–water partition coefficient (Wildman–Crippen LogP) is 4.49. The lowest BCUT2D eigenvalue weighted by Gasteiger charge is -2.17. The van der Waals surface area contributed by atoms with Crippen LogP contribution >= 0.6 is 0 Å². The largest absolute Gasteiger partial charge is 0.497 e. The Bertz CT molecular complexity index is 1130. The molecule has 3 N–H and O–H groups in total. The molecule has 31 heavy (non-hydrogen) atoms. The monoisotopic (exact) mass is 419 g/mol. The maximum absolute atomic E-state index is 13.2. The highest BCUT2D eigenvalue weighted by molar-refractivity contribution is 6.15. The van der Waals surface area contributed by atoms with Crippen molar-refractivity contribution in [2.75, 3.05) is 24.9 Å². The predicted molar refractivity (Wildman–Crippen MR) is 121 cm³/mol. The van der Waals surface area contributed by atoms with Crippen molar-refractivity contribution in [1.29, 1.82) is 5.41 Å². The summed E-state index contributed by atoms with van der Waals surface area (Å²) in [5.41, 5.74) is 3.67. The number of nitrogens with zero attached hydrogens (tertiary/aromatic N) is 2. The molecule has 160 valence electrons. The van der Waals surface area contributed by atoms with Gasteiger partial charge in [0.1, 0.15) is 17.3 Å². The number of aromatic nitrogens is 2. The van der Waals surface area contributed by atoms with Gasteiger partial charge < -0.3 is 25.5 Å². The highest BCUT2D eigenvalue weighted by Gasteiger charge is 2.21. The number of rotatable bonds is 7. The van der Waals surface area contributed by atoms with Crippen molar-refractivity contribution in [3.8, 4) is 11.6 Å². The van der Waals surface area contributed by atoms with E-state index in [-0.39, 0.29) is 11.6 Å². The van der Waals surface area contributed by atoms with Gasteiger partial charge in [0.05, 0.1) is 25.3 Å². The topological polar surface area (TPSA) is 109 Å². The van der Waals surface area contributed by atoms with Crippen LogP contribution in [-0.4, -0.2) is 35.8 Å². The molecule has 8 nitrogen and oxygen atoms in total. The molecule has 0 fully saturated rings. The van der Waals surface area contributed by atoms with Crippen LogP contribution in [-0.2, 0) is 0 Å². The Morgan fingerprint density at radius 2 is 1.77 bits per heavy atom. The summed E-state index contributed by atoms with van der Waals surface area (Å²) in [5.74, 6) is 1.10. The first kappa shape index (κ1) is 21.8. The number of aryl methyl sites for hydroxylation is 2. The molecular formula is C23H25N5O3. The number of carbonyl (C=O) groups excluding carboxylic acids is 1. The van der Waals surface area contributed by atoms with Crippen molar-refractivity contribution in [3.63, 3.8) is 0 Å². The SMILES string of the molecule is COc1ccc(Nc2nc(C)cc(C(=O)Nc3c(C)ccnc3OC)c2C(C)=N)cc1. The number of benzene rings is 1. The minimum Gasteiger partial charge on any atom is -0.497 e. The van der Waals surface area contributed by atoms with Gasteiger partial charge in [0.15, 0.2) is 0 Å². The summed E-state index contributed by atoms with van der Waals surface area (Å²) in [6.07, 6.45) is 1.62. The molecular weight excluding hydrogens is 394 g/mol. The summed E-state index contributed by atoms with van der Waals surface area (Å²) >= 11 is 0. The number of methoxy groups -OCH3 is 2. The van der Waals surface area contributed by atoms with Crippen molar-refractivity contribution in [2.45, 2.75) is 20.8 Å². The molecule has 8 heteroatoms. The second kappa shape index (κ2) is 9.25. The number of carbonyl (C=O) groups is 1. The summed E-state index contributed by atoms with van der Waals surface area (Å²) < 4.78 is 10.5. The van der Waals surface area contributed by atoms with Crippen LogP contribution in [0.25, 0.3) is 0 Å². The minimum absolute atomic E-state index is 0.212. The Kier molecular flexibility index (Phi) is 6.49. The van der Waals surface area contributed by atoms with Crippen LogP contribution in [0.15, 0.2) is 42.6 Å². The van der Waals surface area contributed by atoms with E-state index in [9.17, 15) is 4.79 Å². The molecule has 3 aromatic rings. The van der Waals surface area contributed by atoms with Gasteiger partial charge in [-0.15, -0.1) is 0 Å². The van der Waals surface area contributed by atoms with Crippen LogP contribution in [0.3, 0.4) is 0 Å². The van der Waals surface area contributed by atoms with E-state index in [0.29, 0.717) is 34.2 Å². The molecule has 3 rings (SSSR count). The first-order valence-electron chi connectivity index (χ1n) is 9.63. The smallest absolute Gasteiger partial charge is 0.256 e. The number of nitrogens with one attached hydrogen (secondary N) is 3. The second-order valence-electron chi connectivity index (χ2n) is 6.98. The summed E-state index contributed by atoms with van der Waals surface area (Å²) in [4.78, 5) is 21.9. The quantitative estimate of drug-likeness (QED) is 0.487. The van der Waals surface area contributed by atoms with E-state index < -0.39 is 0 Å². The molecule has 0 aliphatic carbocycles. The molecule has 1 aromatic carbocycles. The number of amides is 1. The lowest BCUT2D eigenvalue weighted by Crippen LogP contribution is -2.19. The molecule has 0 bridgehead atoms. The lowest BCUT2D eigenvalue weighted by molar-refractivity contribution is 0.102. The zero-order chi connectivity index (χ0) is 22.5. The number of ether oxygens (including phenoxy) is 2. The van der Waals surface area contributed by atoms with Crippen LogP contribution in [0.5, 0.6) is 11.6 Å². The van der Waals surface area contributed by atoms with E-state index in [0.717, 1.165) is 17.0 Å². The Hall–Kier alpha value is -3.94. The first-order valence-corrected chi connectivity index (χ1v) is 9.63. The minimum atomic E-state index is -0.376. The van der Waals surface area contributed by atoms with Gasteiger partial charge in [-0.05, 0) is 62.7 Å². The normalized spacial score (nSPS) is 10.4. The van der Waals surface area contributed by atoms with Gasteiger partial charge in [-0.1, -0.05) is 0 Å².